The van der Waals surface area contributed by atoms with Gasteiger partial charge >= 0.3 is 0 Å². The zero-order valence-corrected chi connectivity index (χ0v) is 10.5. The molecule has 0 saturated heterocycles. The molecule has 0 aliphatic rings. The van der Waals surface area contributed by atoms with Gasteiger partial charge in [0.05, 0.1) is 0 Å². The maximum atomic E-state index is 11.5. The number of hydrogen-bond acceptors (Lipinski definition) is 4. The van der Waals surface area contributed by atoms with Crippen LogP contribution in [-0.4, -0.2) is 33.3 Å². The van der Waals surface area contributed by atoms with E-state index in [1.165, 1.54) is 0 Å². The van der Waals surface area contributed by atoms with Crippen LogP contribution in [0.5, 0.6) is 0 Å². The van der Waals surface area contributed by atoms with Crippen LogP contribution in [0.4, 0.5) is 0 Å². The van der Waals surface area contributed by atoms with Crippen LogP contribution in [0.25, 0.3) is 0 Å². The Balaban J connectivity index is 2.18. The van der Waals surface area contributed by atoms with Gasteiger partial charge in [0, 0.05) is 32.5 Å². The molecule has 1 aromatic rings. The Kier molecular flexibility index (Phi) is 5.62. The fourth-order valence-corrected chi connectivity index (χ4v) is 1.63. The van der Waals surface area contributed by atoms with Crippen LogP contribution in [0.1, 0.15) is 32.0 Å². The summed E-state index contributed by atoms with van der Waals surface area (Å²) in [6.07, 6.45) is 4.62. The van der Waals surface area contributed by atoms with Gasteiger partial charge in [0.15, 0.2) is 0 Å². The van der Waals surface area contributed by atoms with Crippen molar-refractivity contribution in [3.05, 3.63) is 12.2 Å². The molecule has 0 aromatic carbocycles. The molecule has 1 rings (SSSR count). The second kappa shape index (κ2) is 7.01. The zero-order valence-electron chi connectivity index (χ0n) is 10.5. The van der Waals surface area contributed by atoms with Crippen molar-refractivity contribution in [1.82, 2.24) is 20.1 Å². The number of aromatic nitrogens is 3. The first-order valence-corrected chi connectivity index (χ1v) is 5.98. The minimum atomic E-state index is -0.0326. The van der Waals surface area contributed by atoms with Crippen LogP contribution in [0, 0.1) is 0 Å². The molecular weight excluding hydrogens is 218 g/mol. The van der Waals surface area contributed by atoms with Crippen LogP contribution in [0.15, 0.2) is 6.33 Å². The number of nitrogens with two attached hydrogens (primary N) is 1. The maximum absolute atomic E-state index is 11.5. The predicted molar refractivity (Wildman–Crippen MR) is 65.2 cm³/mol. The van der Waals surface area contributed by atoms with Crippen LogP contribution >= 0.6 is 0 Å². The van der Waals surface area contributed by atoms with E-state index in [-0.39, 0.29) is 11.9 Å². The van der Waals surface area contributed by atoms with E-state index >= 15 is 0 Å². The van der Waals surface area contributed by atoms with Crippen LogP contribution in [0.3, 0.4) is 0 Å². The molecule has 1 amide bonds. The fraction of sp³-hybridized carbons (Fsp3) is 0.727. The van der Waals surface area contributed by atoms with E-state index in [1.54, 1.807) is 6.33 Å². The second-order valence-corrected chi connectivity index (χ2v) is 4.21. The van der Waals surface area contributed by atoms with Crippen molar-refractivity contribution in [2.45, 2.75) is 38.6 Å². The summed E-state index contributed by atoms with van der Waals surface area (Å²) in [6.45, 7) is 2.63. The zero-order chi connectivity index (χ0) is 12.7. The van der Waals surface area contributed by atoms with Crippen LogP contribution in [-0.2, 0) is 18.3 Å². The largest absolute Gasteiger partial charge is 0.356 e. The lowest BCUT2D eigenvalue weighted by Gasteiger charge is -2.10. The number of nitrogens with zero attached hydrogens (tertiary/aromatic N) is 3. The molecule has 0 saturated carbocycles. The average Bonchev–Trinajstić information content (AvgIpc) is 2.64. The standard InChI is InChI=1S/C11H21N5O/c1-3-4-9(12)7-11(17)13-6-5-10-15-14-8-16(10)2/h8-9H,3-7,12H2,1-2H3,(H,13,17). The van der Waals surface area contributed by atoms with Crippen LogP contribution in [0.2, 0.25) is 0 Å². The molecule has 6 heteroatoms. The molecule has 0 spiro atoms. The predicted octanol–water partition coefficient (Wildman–Crippen LogP) is -0.00870. The number of carbonyl (C=O) groups is 1. The van der Waals surface area contributed by atoms with Crippen molar-refractivity contribution in [3.8, 4) is 0 Å². The van der Waals surface area contributed by atoms with E-state index in [4.69, 9.17) is 5.73 Å². The first-order chi connectivity index (χ1) is 8.13. The van der Waals surface area contributed by atoms with Crippen molar-refractivity contribution in [3.63, 3.8) is 0 Å². The number of amides is 1. The Morgan fingerprint density at radius 1 is 1.65 bits per heavy atom. The van der Waals surface area contributed by atoms with Gasteiger partial charge in [-0.05, 0) is 6.42 Å². The molecule has 96 valence electrons. The van der Waals surface area contributed by atoms with Gasteiger partial charge in [-0.3, -0.25) is 4.79 Å². The Morgan fingerprint density at radius 3 is 3.00 bits per heavy atom. The van der Waals surface area contributed by atoms with Gasteiger partial charge in [0.2, 0.25) is 5.91 Å². The highest BCUT2D eigenvalue weighted by Gasteiger charge is 2.08. The highest BCUT2D eigenvalue weighted by atomic mass is 16.1. The number of rotatable bonds is 7. The summed E-state index contributed by atoms with van der Waals surface area (Å²) in [5, 5.41) is 10.5. The van der Waals surface area contributed by atoms with Gasteiger partial charge in [0.25, 0.3) is 0 Å². The fourth-order valence-electron chi connectivity index (χ4n) is 1.63. The summed E-state index contributed by atoms with van der Waals surface area (Å²) in [5.74, 6) is 0.872. The average molecular weight is 239 g/mol. The van der Waals surface area contributed by atoms with Crippen molar-refractivity contribution >= 4 is 5.91 Å². The molecule has 6 nitrogen and oxygen atoms in total. The van der Waals surface area contributed by atoms with E-state index in [0.29, 0.717) is 19.4 Å². The third kappa shape index (κ3) is 4.95. The molecule has 3 N–H and O–H groups in total. The number of nitrogens with one attached hydrogen (secondary N) is 1. The first kappa shape index (κ1) is 13.6. The van der Waals surface area contributed by atoms with Gasteiger partial charge in [0.1, 0.15) is 12.2 Å². The number of hydrogen-bond donors (Lipinski definition) is 2. The summed E-state index contributed by atoms with van der Waals surface area (Å²) >= 11 is 0. The van der Waals surface area contributed by atoms with E-state index < -0.39 is 0 Å². The molecule has 0 aliphatic heterocycles. The highest BCUT2D eigenvalue weighted by molar-refractivity contribution is 5.76. The van der Waals surface area contributed by atoms with Gasteiger partial charge < -0.3 is 15.6 Å². The first-order valence-electron chi connectivity index (χ1n) is 5.98. The lowest BCUT2D eigenvalue weighted by Crippen LogP contribution is -2.32. The SMILES string of the molecule is CCCC(N)CC(=O)NCCc1nncn1C. The Labute approximate surface area is 102 Å². The summed E-state index contributed by atoms with van der Waals surface area (Å²) < 4.78 is 1.84. The number of carbonyl (C=O) groups excluding carboxylic acids is 1. The van der Waals surface area contributed by atoms with E-state index in [2.05, 4.69) is 22.4 Å². The van der Waals surface area contributed by atoms with Crippen molar-refractivity contribution in [2.24, 2.45) is 12.8 Å². The Bertz CT molecular complexity index is 349. The third-order valence-corrected chi connectivity index (χ3v) is 2.58. The molecule has 0 aliphatic carbocycles. The Hall–Kier alpha value is -1.43. The number of aryl methyl sites for hydroxylation is 1. The summed E-state index contributed by atoms with van der Waals surface area (Å²) in [7, 11) is 1.88. The molecule has 0 radical (unpaired) electrons. The molecule has 0 bridgehead atoms. The van der Waals surface area contributed by atoms with E-state index in [9.17, 15) is 4.79 Å². The molecule has 1 heterocycles. The van der Waals surface area contributed by atoms with Crippen molar-refractivity contribution in [1.29, 1.82) is 0 Å². The molecule has 1 atom stereocenters. The molecular formula is C11H21N5O. The molecule has 1 aromatic heterocycles. The minimum Gasteiger partial charge on any atom is -0.356 e. The topological polar surface area (TPSA) is 85.8 Å². The van der Waals surface area contributed by atoms with Gasteiger partial charge in [-0.15, -0.1) is 10.2 Å². The summed E-state index contributed by atoms with van der Waals surface area (Å²) in [6, 6.07) is -0.0326. The summed E-state index contributed by atoms with van der Waals surface area (Å²) in [4.78, 5) is 11.5. The Morgan fingerprint density at radius 2 is 2.41 bits per heavy atom. The maximum Gasteiger partial charge on any atom is 0.221 e. The van der Waals surface area contributed by atoms with Gasteiger partial charge in [-0.25, -0.2) is 0 Å². The minimum absolute atomic E-state index is 0.00752. The highest BCUT2D eigenvalue weighted by Crippen LogP contribution is 1.98. The quantitative estimate of drug-likeness (QED) is 0.701. The van der Waals surface area contributed by atoms with E-state index in [0.717, 1.165) is 18.7 Å². The molecule has 17 heavy (non-hydrogen) atoms. The smallest absolute Gasteiger partial charge is 0.221 e. The molecule has 0 fully saturated rings. The summed E-state index contributed by atoms with van der Waals surface area (Å²) in [5.41, 5.74) is 5.79. The van der Waals surface area contributed by atoms with Crippen molar-refractivity contribution in [2.75, 3.05) is 6.54 Å². The van der Waals surface area contributed by atoms with Gasteiger partial charge in [-0.2, -0.15) is 0 Å². The van der Waals surface area contributed by atoms with Crippen molar-refractivity contribution < 1.29 is 4.79 Å². The lowest BCUT2D eigenvalue weighted by molar-refractivity contribution is -0.121. The third-order valence-electron chi connectivity index (χ3n) is 2.58. The molecule has 1 unspecified atom stereocenters. The normalized spacial score (nSPS) is 12.4. The van der Waals surface area contributed by atoms with Crippen LogP contribution < -0.4 is 11.1 Å². The van der Waals surface area contributed by atoms with Gasteiger partial charge in [-0.1, -0.05) is 13.3 Å². The lowest BCUT2D eigenvalue weighted by atomic mass is 10.1. The monoisotopic (exact) mass is 239 g/mol. The van der Waals surface area contributed by atoms with E-state index in [1.807, 2.05) is 11.6 Å². The second-order valence-electron chi connectivity index (χ2n) is 4.21.